The van der Waals surface area contributed by atoms with Crippen molar-refractivity contribution in [3.05, 3.63) is 78.4 Å². The van der Waals surface area contributed by atoms with Gasteiger partial charge in [0.15, 0.2) is 5.82 Å². The van der Waals surface area contributed by atoms with E-state index in [1.54, 1.807) is 6.33 Å². The van der Waals surface area contributed by atoms with Crippen molar-refractivity contribution in [2.45, 2.75) is 38.3 Å². The van der Waals surface area contributed by atoms with Crippen LogP contribution in [0.2, 0.25) is 0 Å². The van der Waals surface area contributed by atoms with Gasteiger partial charge < -0.3 is 15.5 Å². The third-order valence-corrected chi connectivity index (χ3v) is 7.84. The molecule has 1 fully saturated rings. The third kappa shape index (κ3) is 5.01. The highest BCUT2D eigenvalue weighted by atomic mass is 15.3. The van der Waals surface area contributed by atoms with Crippen molar-refractivity contribution in [1.29, 1.82) is 0 Å². The Morgan fingerprint density at radius 1 is 1.05 bits per heavy atom. The van der Waals surface area contributed by atoms with Gasteiger partial charge in [0.2, 0.25) is 0 Å². The molecule has 1 aliphatic heterocycles. The molecule has 0 unspecified atom stereocenters. The molecule has 3 aromatic heterocycles. The van der Waals surface area contributed by atoms with Gasteiger partial charge in [-0.15, -0.1) is 0 Å². The fourth-order valence-corrected chi connectivity index (χ4v) is 5.70. The predicted molar refractivity (Wildman–Crippen MR) is 153 cm³/mol. The van der Waals surface area contributed by atoms with E-state index < -0.39 is 0 Å². The Kier molecular flexibility index (Phi) is 6.82. The van der Waals surface area contributed by atoms with Crippen molar-refractivity contribution in [3.8, 4) is 11.1 Å². The Balaban J connectivity index is 1.21. The second-order valence-corrected chi connectivity index (χ2v) is 10.7. The molecule has 8 nitrogen and oxygen atoms in total. The summed E-state index contributed by atoms with van der Waals surface area (Å²) in [5, 5.41) is 10.6. The summed E-state index contributed by atoms with van der Waals surface area (Å²) in [5.74, 6) is 0.503. The molecule has 8 heteroatoms. The van der Waals surface area contributed by atoms with Crippen molar-refractivity contribution in [2.75, 3.05) is 39.5 Å². The second kappa shape index (κ2) is 10.6. The molecule has 1 atom stereocenters. The number of aromatic nitrogens is 5. The van der Waals surface area contributed by atoms with Crippen LogP contribution in [0.25, 0.3) is 27.5 Å². The first kappa shape index (κ1) is 24.6. The molecular formula is C30H36N8. The van der Waals surface area contributed by atoms with Gasteiger partial charge in [0.1, 0.15) is 11.8 Å². The fourth-order valence-electron chi connectivity index (χ4n) is 5.70. The van der Waals surface area contributed by atoms with E-state index >= 15 is 0 Å². The van der Waals surface area contributed by atoms with Crippen LogP contribution < -0.4 is 5.73 Å². The first-order chi connectivity index (χ1) is 18.5. The minimum absolute atomic E-state index is 0.503. The molecule has 0 bridgehead atoms. The zero-order valence-corrected chi connectivity index (χ0v) is 22.3. The van der Waals surface area contributed by atoms with Crippen LogP contribution in [0.4, 0.5) is 5.82 Å². The highest BCUT2D eigenvalue weighted by Gasteiger charge is 2.23. The van der Waals surface area contributed by atoms with Crippen molar-refractivity contribution in [1.82, 2.24) is 34.2 Å². The highest BCUT2D eigenvalue weighted by Crippen LogP contribution is 2.32. The molecule has 5 aromatic rings. The smallest absolute Gasteiger partial charge is 0.151 e. The average Bonchev–Trinajstić information content (AvgIpc) is 3.64. The Hall–Kier alpha value is -3.75. The molecule has 2 N–H and O–H groups in total. The third-order valence-electron chi connectivity index (χ3n) is 7.84. The molecular weight excluding hydrogens is 472 g/mol. The molecule has 0 spiro atoms. The molecule has 6 rings (SSSR count). The largest absolute Gasteiger partial charge is 0.382 e. The van der Waals surface area contributed by atoms with Crippen LogP contribution in [0.5, 0.6) is 0 Å². The van der Waals surface area contributed by atoms with Gasteiger partial charge in [0, 0.05) is 35.4 Å². The Labute approximate surface area is 223 Å². The van der Waals surface area contributed by atoms with Gasteiger partial charge in [-0.1, -0.05) is 42.5 Å². The summed E-state index contributed by atoms with van der Waals surface area (Å²) in [6.07, 6.45) is 8.17. The normalized spacial score (nSPS) is 16.3. The van der Waals surface area contributed by atoms with Crippen LogP contribution in [0.15, 0.2) is 67.1 Å². The molecule has 0 aliphatic carbocycles. The van der Waals surface area contributed by atoms with Crippen molar-refractivity contribution in [3.63, 3.8) is 0 Å². The van der Waals surface area contributed by atoms with Crippen molar-refractivity contribution in [2.24, 2.45) is 0 Å². The van der Waals surface area contributed by atoms with Gasteiger partial charge in [0.25, 0.3) is 0 Å². The first-order valence-corrected chi connectivity index (χ1v) is 13.6. The van der Waals surface area contributed by atoms with Crippen LogP contribution in [0, 0.1) is 0 Å². The summed E-state index contributed by atoms with van der Waals surface area (Å²) in [7, 11) is 4.37. The zero-order valence-electron chi connectivity index (χ0n) is 22.3. The van der Waals surface area contributed by atoms with E-state index in [9.17, 15) is 0 Å². The highest BCUT2D eigenvalue weighted by molar-refractivity contribution is 5.92. The summed E-state index contributed by atoms with van der Waals surface area (Å²) in [4.78, 5) is 9.25. The predicted octanol–water partition coefficient (Wildman–Crippen LogP) is 4.34. The second-order valence-electron chi connectivity index (χ2n) is 10.7. The number of anilines is 1. The van der Waals surface area contributed by atoms with E-state index in [4.69, 9.17) is 10.8 Å². The number of hydrogen-bond acceptors (Lipinski definition) is 6. The van der Waals surface area contributed by atoms with E-state index in [-0.39, 0.29) is 0 Å². The van der Waals surface area contributed by atoms with E-state index in [1.807, 2.05) is 15.3 Å². The number of likely N-dealkylation sites (N-methyl/N-ethyl adjacent to an activating group) is 1. The van der Waals surface area contributed by atoms with E-state index in [2.05, 4.69) is 88.7 Å². The number of unbranched alkanes of at least 4 members (excludes halogenated alkanes) is 1. The number of nitrogens with two attached hydrogens (primary N) is 1. The number of fused-ring (bicyclic) bond motifs is 2. The molecule has 0 radical (unpaired) electrons. The standard InChI is InChI=1S/C30H36N8/c1-35(2)26-13-15-36(20-26)14-7-6-10-25-17-27(29-30(31)32-21-33-38(25)29)23-11-12-24-19-37(34-28(24)16-23)18-22-8-4-3-5-9-22/h3-5,8-9,11-12,16-17,19,21,26H,6-7,10,13-15,18,20H2,1-2H3,(H2,31,32,33)/t26-/m1/s1. The Morgan fingerprint density at radius 3 is 2.74 bits per heavy atom. The SMILES string of the molecule is CN(C)[C@@H]1CCN(CCCCc2cc(-c3ccc4cn(Cc5ccccc5)nc4c3)c3c(N)ncnn23)C1. The van der Waals surface area contributed by atoms with Crippen molar-refractivity contribution < 1.29 is 0 Å². The lowest BCUT2D eigenvalue weighted by Crippen LogP contribution is -2.31. The topological polar surface area (TPSA) is 80.5 Å². The maximum absolute atomic E-state index is 6.38. The summed E-state index contributed by atoms with van der Waals surface area (Å²) in [5.41, 5.74) is 12.8. The van der Waals surface area contributed by atoms with Gasteiger partial charge in [-0.05, 0) is 76.1 Å². The molecule has 196 valence electrons. The van der Waals surface area contributed by atoms with Crippen LogP contribution in [-0.2, 0) is 13.0 Å². The van der Waals surface area contributed by atoms with E-state index in [0.717, 1.165) is 53.5 Å². The lowest BCUT2D eigenvalue weighted by Gasteiger charge is -2.20. The Morgan fingerprint density at radius 2 is 1.92 bits per heavy atom. The Bertz CT molecular complexity index is 1530. The lowest BCUT2D eigenvalue weighted by atomic mass is 10.0. The van der Waals surface area contributed by atoms with Gasteiger partial charge in [-0.25, -0.2) is 9.50 Å². The summed E-state index contributed by atoms with van der Waals surface area (Å²) in [6.45, 7) is 4.28. The molecule has 1 saturated heterocycles. The quantitative estimate of drug-likeness (QED) is 0.299. The van der Waals surface area contributed by atoms with E-state index in [0.29, 0.717) is 11.9 Å². The summed E-state index contributed by atoms with van der Waals surface area (Å²) >= 11 is 0. The summed E-state index contributed by atoms with van der Waals surface area (Å²) in [6, 6.07) is 19.8. The molecule has 2 aromatic carbocycles. The molecule has 38 heavy (non-hydrogen) atoms. The maximum Gasteiger partial charge on any atom is 0.151 e. The molecule has 4 heterocycles. The van der Waals surface area contributed by atoms with E-state index in [1.165, 1.54) is 37.2 Å². The number of rotatable bonds is 9. The maximum atomic E-state index is 6.38. The number of hydrogen-bond donors (Lipinski definition) is 1. The monoisotopic (exact) mass is 508 g/mol. The van der Waals surface area contributed by atoms with Crippen molar-refractivity contribution >= 4 is 22.2 Å². The fraction of sp³-hybridized carbons (Fsp3) is 0.367. The minimum atomic E-state index is 0.503. The number of aryl methyl sites for hydroxylation is 1. The van der Waals surface area contributed by atoms with Gasteiger partial charge in [-0.2, -0.15) is 10.2 Å². The van der Waals surface area contributed by atoms with Gasteiger partial charge in [-0.3, -0.25) is 4.68 Å². The number of likely N-dealkylation sites (tertiary alicyclic amines) is 1. The number of nitrogen functional groups attached to an aromatic ring is 1. The number of nitrogens with zero attached hydrogens (tertiary/aromatic N) is 7. The van der Waals surface area contributed by atoms with Crippen LogP contribution in [0.3, 0.4) is 0 Å². The molecule has 1 aliphatic rings. The number of benzene rings is 2. The minimum Gasteiger partial charge on any atom is -0.382 e. The summed E-state index contributed by atoms with van der Waals surface area (Å²) < 4.78 is 3.99. The van der Waals surface area contributed by atoms with Gasteiger partial charge in [0.05, 0.1) is 12.1 Å². The first-order valence-electron chi connectivity index (χ1n) is 13.6. The lowest BCUT2D eigenvalue weighted by molar-refractivity contribution is 0.266. The molecule has 0 saturated carbocycles. The van der Waals surface area contributed by atoms with Crippen LogP contribution in [-0.4, -0.2) is 73.9 Å². The molecule has 0 amide bonds. The average molecular weight is 509 g/mol. The van der Waals surface area contributed by atoms with Crippen LogP contribution in [0.1, 0.15) is 30.5 Å². The van der Waals surface area contributed by atoms with Crippen LogP contribution >= 0.6 is 0 Å². The van der Waals surface area contributed by atoms with Gasteiger partial charge >= 0.3 is 0 Å². The zero-order chi connectivity index (χ0) is 26.1.